The van der Waals surface area contributed by atoms with Gasteiger partial charge in [-0.1, -0.05) is 11.6 Å². The van der Waals surface area contributed by atoms with E-state index in [1.54, 1.807) is 0 Å². The Balaban J connectivity index is 1.97. The van der Waals surface area contributed by atoms with Gasteiger partial charge in [-0.3, -0.25) is 9.59 Å². The van der Waals surface area contributed by atoms with Gasteiger partial charge in [-0.15, -0.1) is 15.1 Å². The van der Waals surface area contributed by atoms with Gasteiger partial charge in [0.05, 0.1) is 24.5 Å². The summed E-state index contributed by atoms with van der Waals surface area (Å²) in [5.41, 5.74) is -1.47. The first-order valence-electron chi connectivity index (χ1n) is 6.85. The van der Waals surface area contributed by atoms with Gasteiger partial charge >= 0.3 is 5.97 Å². The van der Waals surface area contributed by atoms with Crippen LogP contribution in [0.15, 0.2) is 34.7 Å². The van der Waals surface area contributed by atoms with E-state index in [2.05, 4.69) is 15.1 Å². The van der Waals surface area contributed by atoms with Crippen LogP contribution in [0, 0.1) is 4.91 Å². The first kappa shape index (κ1) is 16.1. The Morgan fingerprint density at radius 2 is 1.96 bits per heavy atom. The molecule has 1 aromatic rings. The molecule has 2 amide bonds. The molecule has 24 heavy (non-hydrogen) atoms. The SMILES string of the molecule is COC(=O)C1=NN(N=O)[C@@]2(CC(=O)N(c3ccc(Cl)cc3)C2=O)C1. The number of amides is 2. The Morgan fingerprint density at radius 3 is 2.54 bits per heavy atom. The molecule has 0 radical (unpaired) electrons. The zero-order valence-electron chi connectivity index (χ0n) is 12.4. The second-order valence-corrected chi connectivity index (χ2v) is 5.74. The third-order valence-electron chi connectivity index (χ3n) is 3.94. The molecule has 124 valence electrons. The molecule has 2 aliphatic rings. The predicted octanol–water partition coefficient (Wildman–Crippen LogP) is 1.26. The van der Waals surface area contributed by atoms with Crippen molar-refractivity contribution in [2.75, 3.05) is 12.0 Å². The number of ether oxygens (including phenoxy) is 1. The van der Waals surface area contributed by atoms with Gasteiger partial charge in [0.15, 0.2) is 11.3 Å². The Morgan fingerprint density at radius 1 is 1.29 bits per heavy atom. The van der Waals surface area contributed by atoms with Crippen LogP contribution in [0.2, 0.25) is 5.02 Å². The Bertz CT molecular complexity index is 778. The highest BCUT2D eigenvalue weighted by molar-refractivity contribution is 6.39. The Hall–Kier alpha value is -2.81. The summed E-state index contributed by atoms with van der Waals surface area (Å²) < 4.78 is 4.55. The fraction of sp³-hybridized carbons (Fsp3) is 0.286. The lowest BCUT2D eigenvalue weighted by molar-refractivity contribution is -0.132. The third-order valence-corrected chi connectivity index (χ3v) is 4.19. The number of carbonyl (C=O) groups is 3. The number of carbonyl (C=O) groups excluding carboxylic acids is 3. The van der Waals surface area contributed by atoms with Crippen LogP contribution in [-0.2, 0) is 19.1 Å². The molecule has 1 fully saturated rings. The van der Waals surface area contributed by atoms with Crippen LogP contribution in [0.5, 0.6) is 0 Å². The van der Waals surface area contributed by atoms with E-state index in [9.17, 15) is 19.3 Å². The number of hydrazone groups is 1. The standard InChI is InChI=1S/C14H11ClN4O5/c1-24-12(21)10-6-14(19(16-10)17-23)7-11(20)18(13(14)22)9-4-2-8(15)3-5-9/h2-5H,6-7H2,1H3/t14-/m1/s1. The normalized spacial score (nSPS) is 23.0. The number of nitrogens with zero attached hydrogens (tertiary/aromatic N) is 4. The van der Waals surface area contributed by atoms with Crippen molar-refractivity contribution in [1.82, 2.24) is 5.12 Å². The molecule has 0 aromatic heterocycles. The zero-order valence-corrected chi connectivity index (χ0v) is 13.2. The van der Waals surface area contributed by atoms with Gasteiger partial charge in [0, 0.05) is 11.4 Å². The van der Waals surface area contributed by atoms with Gasteiger partial charge in [-0.2, -0.15) is 0 Å². The first-order valence-corrected chi connectivity index (χ1v) is 7.23. The van der Waals surface area contributed by atoms with Crippen LogP contribution in [0.4, 0.5) is 5.69 Å². The number of rotatable bonds is 3. The van der Waals surface area contributed by atoms with Crippen molar-refractivity contribution >= 4 is 40.8 Å². The van der Waals surface area contributed by atoms with E-state index in [1.807, 2.05) is 0 Å². The van der Waals surface area contributed by atoms with E-state index in [0.717, 1.165) is 12.0 Å². The summed E-state index contributed by atoms with van der Waals surface area (Å²) in [7, 11) is 1.15. The molecule has 1 atom stereocenters. The maximum atomic E-state index is 12.9. The number of anilines is 1. The van der Waals surface area contributed by atoms with Gasteiger partial charge in [0.25, 0.3) is 5.91 Å². The summed E-state index contributed by atoms with van der Waals surface area (Å²) in [6, 6.07) is 6.08. The van der Waals surface area contributed by atoms with Crippen LogP contribution in [0.1, 0.15) is 12.8 Å². The molecule has 1 aromatic carbocycles. The minimum Gasteiger partial charge on any atom is -0.464 e. The quantitative estimate of drug-likeness (QED) is 0.461. The van der Waals surface area contributed by atoms with Crippen LogP contribution >= 0.6 is 11.6 Å². The van der Waals surface area contributed by atoms with Crippen molar-refractivity contribution < 1.29 is 19.1 Å². The number of methoxy groups -OCH3 is 1. The van der Waals surface area contributed by atoms with Crippen molar-refractivity contribution in [2.45, 2.75) is 18.4 Å². The number of hydrogen-bond donors (Lipinski definition) is 0. The molecule has 1 spiro atoms. The van der Waals surface area contributed by atoms with Crippen molar-refractivity contribution in [2.24, 2.45) is 10.4 Å². The van der Waals surface area contributed by atoms with Gasteiger partial charge in [-0.05, 0) is 24.3 Å². The fourth-order valence-electron chi connectivity index (χ4n) is 2.79. The maximum absolute atomic E-state index is 12.9. The lowest BCUT2D eigenvalue weighted by atomic mass is 9.92. The molecule has 1 saturated heterocycles. The molecule has 10 heteroatoms. The Labute approximate surface area is 140 Å². The molecule has 0 aliphatic carbocycles. The summed E-state index contributed by atoms with van der Waals surface area (Å²) in [5, 5.41) is 7.42. The summed E-state index contributed by atoms with van der Waals surface area (Å²) in [5.74, 6) is -2.00. The molecule has 0 saturated carbocycles. The van der Waals surface area contributed by atoms with E-state index in [0.29, 0.717) is 15.8 Å². The van der Waals surface area contributed by atoms with Crippen LogP contribution in [0.25, 0.3) is 0 Å². The molecule has 2 heterocycles. The summed E-state index contributed by atoms with van der Waals surface area (Å²) in [4.78, 5) is 48.9. The zero-order chi connectivity index (χ0) is 17.5. The van der Waals surface area contributed by atoms with E-state index >= 15 is 0 Å². The largest absolute Gasteiger partial charge is 0.464 e. The molecular weight excluding hydrogens is 340 g/mol. The molecule has 0 N–H and O–H groups in total. The van der Waals surface area contributed by atoms with Crippen molar-refractivity contribution in [3.05, 3.63) is 34.2 Å². The number of hydrogen-bond acceptors (Lipinski definition) is 7. The van der Waals surface area contributed by atoms with Crippen molar-refractivity contribution in [3.63, 3.8) is 0 Å². The van der Waals surface area contributed by atoms with E-state index in [1.165, 1.54) is 24.3 Å². The number of esters is 1. The monoisotopic (exact) mass is 350 g/mol. The van der Waals surface area contributed by atoms with Crippen LogP contribution in [-0.4, -0.2) is 41.3 Å². The van der Waals surface area contributed by atoms with Crippen LogP contribution < -0.4 is 4.90 Å². The second-order valence-electron chi connectivity index (χ2n) is 5.31. The number of nitroso groups, excluding NO2 is 1. The number of halogens is 1. The van der Waals surface area contributed by atoms with E-state index in [-0.39, 0.29) is 18.6 Å². The predicted molar refractivity (Wildman–Crippen MR) is 83.0 cm³/mol. The average molecular weight is 351 g/mol. The minimum atomic E-state index is -1.64. The highest BCUT2D eigenvalue weighted by atomic mass is 35.5. The summed E-state index contributed by atoms with van der Waals surface area (Å²) in [6.45, 7) is 0. The summed E-state index contributed by atoms with van der Waals surface area (Å²) in [6.07, 6.45) is -0.565. The molecule has 9 nitrogen and oxygen atoms in total. The molecular formula is C14H11ClN4O5. The minimum absolute atomic E-state index is 0.142. The highest BCUT2D eigenvalue weighted by Crippen LogP contribution is 2.40. The second kappa shape index (κ2) is 5.68. The Kier molecular flexibility index (Phi) is 3.80. The van der Waals surface area contributed by atoms with Crippen LogP contribution in [0.3, 0.4) is 0 Å². The first-order chi connectivity index (χ1) is 11.4. The lowest BCUT2D eigenvalue weighted by Crippen LogP contribution is -2.48. The lowest BCUT2D eigenvalue weighted by Gasteiger charge is -2.24. The smallest absolute Gasteiger partial charge is 0.354 e. The topological polar surface area (TPSA) is 109 Å². The van der Waals surface area contributed by atoms with E-state index < -0.39 is 23.3 Å². The van der Waals surface area contributed by atoms with E-state index in [4.69, 9.17) is 11.6 Å². The van der Waals surface area contributed by atoms with Gasteiger partial charge < -0.3 is 4.74 Å². The van der Waals surface area contributed by atoms with Crippen molar-refractivity contribution in [3.8, 4) is 0 Å². The number of benzene rings is 1. The van der Waals surface area contributed by atoms with Gasteiger partial charge in [0.2, 0.25) is 5.91 Å². The summed E-state index contributed by atoms with van der Waals surface area (Å²) >= 11 is 5.80. The van der Waals surface area contributed by atoms with Gasteiger partial charge in [0.1, 0.15) is 0 Å². The molecule has 3 rings (SSSR count). The maximum Gasteiger partial charge on any atom is 0.354 e. The van der Waals surface area contributed by atoms with Gasteiger partial charge in [-0.25, -0.2) is 9.69 Å². The number of imide groups is 1. The van der Waals surface area contributed by atoms with Crippen molar-refractivity contribution in [1.29, 1.82) is 0 Å². The third kappa shape index (κ3) is 2.24. The average Bonchev–Trinajstić information content (AvgIpc) is 3.06. The fourth-order valence-corrected chi connectivity index (χ4v) is 2.92. The molecule has 2 aliphatic heterocycles. The highest BCUT2D eigenvalue weighted by Gasteiger charge is 2.61. The molecule has 0 unspecified atom stereocenters. The molecule has 0 bridgehead atoms.